The minimum Gasteiger partial charge on any atom is -0.324 e. The number of nitrogens with one attached hydrogen (secondary N) is 1. The number of rotatable bonds is 3. The van der Waals surface area contributed by atoms with Crippen molar-refractivity contribution >= 4 is 27.6 Å². The summed E-state index contributed by atoms with van der Waals surface area (Å²) in [6.45, 7) is 0. The van der Waals surface area contributed by atoms with Gasteiger partial charge in [-0.25, -0.2) is 9.37 Å². The number of aromatic nitrogens is 2. The Morgan fingerprint density at radius 1 is 1.32 bits per heavy atom. The standard InChI is InChI=1S/C14H15BrFN3/c15-12-6-5-10(16)9-13(12)18-14-17-7-8-19(14)11-3-1-2-4-11/h5-9,11H,1-4H2,(H,17,18). The van der Waals surface area contributed by atoms with Gasteiger partial charge in [0, 0.05) is 22.9 Å². The number of halogens is 2. The van der Waals surface area contributed by atoms with E-state index in [1.165, 1.54) is 37.8 Å². The fourth-order valence-corrected chi connectivity index (χ4v) is 2.95. The van der Waals surface area contributed by atoms with Gasteiger partial charge in [-0.2, -0.15) is 0 Å². The molecule has 0 amide bonds. The lowest BCUT2D eigenvalue weighted by molar-refractivity contribution is 0.525. The van der Waals surface area contributed by atoms with Crippen LogP contribution in [0, 0.1) is 5.82 Å². The number of hydrogen-bond donors (Lipinski definition) is 1. The number of anilines is 2. The highest BCUT2D eigenvalue weighted by Gasteiger charge is 2.19. The van der Waals surface area contributed by atoms with Crippen LogP contribution in [-0.4, -0.2) is 9.55 Å². The molecule has 0 atom stereocenters. The second kappa shape index (κ2) is 5.33. The summed E-state index contributed by atoms with van der Waals surface area (Å²) < 4.78 is 16.3. The highest BCUT2D eigenvalue weighted by atomic mass is 79.9. The summed E-state index contributed by atoms with van der Waals surface area (Å²) in [5, 5.41) is 3.20. The van der Waals surface area contributed by atoms with Crippen LogP contribution in [0.4, 0.5) is 16.0 Å². The third kappa shape index (κ3) is 2.66. The molecule has 1 saturated carbocycles. The summed E-state index contributed by atoms with van der Waals surface area (Å²) in [4.78, 5) is 4.34. The van der Waals surface area contributed by atoms with Crippen LogP contribution >= 0.6 is 15.9 Å². The number of hydrogen-bond acceptors (Lipinski definition) is 2. The van der Waals surface area contributed by atoms with E-state index >= 15 is 0 Å². The van der Waals surface area contributed by atoms with Crippen molar-refractivity contribution in [2.24, 2.45) is 0 Å². The predicted molar refractivity (Wildman–Crippen MR) is 77.1 cm³/mol. The Kier molecular flexibility index (Phi) is 3.55. The van der Waals surface area contributed by atoms with E-state index in [2.05, 4.69) is 30.8 Å². The topological polar surface area (TPSA) is 29.9 Å². The van der Waals surface area contributed by atoms with Crippen LogP contribution in [0.1, 0.15) is 31.7 Å². The van der Waals surface area contributed by atoms with Crippen LogP contribution in [0.2, 0.25) is 0 Å². The Morgan fingerprint density at radius 2 is 2.11 bits per heavy atom. The molecule has 1 N–H and O–H groups in total. The highest BCUT2D eigenvalue weighted by molar-refractivity contribution is 9.10. The Hall–Kier alpha value is -1.36. The van der Waals surface area contributed by atoms with Gasteiger partial charge < -0.3 is 9.88 Å². The fraction of sp³-hybridized carbons (Fsp3) is 0.357. The van der Waals surface area contributed by atoms with Gasteiger partial charge in [-0.15, -0.1) is 0 Å². The maximum atomic E-state index is 13.3. The lowest BCUT2D eigenvalue weighted by Gasteiger charge is -2.16. The second-order valence-corrected chi connectivity index (χ2v) is 5.70. The van der Waals surface area contributed by atoms with Crippen LogP contribution in [-0.2, 0) is 0 Å². The van der Waals surface area contributed by atoms with Crippen LogP contribution in [0.5, 0.6) is 0 Å². The van der Waals surface area contributed by atoms with Gasteiger partial charge >= 0.3 is 0 Å². The van der Waals surface area contributed by atoms with Crippen molar-refractivity contribution in [1.82, 2.24) is 9.55 Å². The minimum absolute atomic E-state index is 0.260. The lowest BCUT2D eigenvalue weighted by Crippen LogP contribution is -2.08. The Labute approximate surface area is 120 Å². The molecule has 1 aliphatic carbocycles. The van der Waals surface area contributed by atoms with Gasteiger partial charge in [0.25, 0.3) is 0 Å². The van der Waals surface area contributed by atoms with Gasteiger partial charge in [0.05, 0.1) is 5.69 Å². The molecule has 1 heterocycles. The molecule has 1 aromatic heterocycles. The van der Waals surface area contributed by atoms with E-state index in [4.69, 9.17) is 0 Å². The van der Waals surface area contributed by atoms with Crippen molar-refractivity contribution in [2.45, 2.75) is 31.7 Å². The molecular weight excluding hydrogens is 309 g/mol. The lowest BCUT2D eigenvalue weighted by atomic mass is 10.2. The van der Waals surface area contributed by atoms with Crippen LogP contribution in [0.3, 0.4) is 0 Å². The van der Waals surface area contributed by atoms with E-state index in [0.29, 0.717) is 11.7 Å². The van der Waals surface area contributed by atoms with E-state index in [0.717, 1.165) is 10.4 Å². The predicted octanol–water partition coefficient (Wildman–Crippen LogP) is 4.64. The maximum Gasteiger partial charge on any atom is 0.207 e. The third-order valence-electron chi connectivity index (χ3n) is 3.56. The van der Waals surface area contributed by atoms with Gasteiger partial charge in [-0.1, -0.05) is 12.8 Å². The van der Waals surface area contributed by atoms with Crippen molar-refractivity contribution in [3.8, 4) is 0 Å². The van der Waals surface area contributed by atoms with Gasteiger partial charge in [-0.05, 0) is 47.0 Å². The quantitative estimate of drug-likeness (QED) is 0.891. The molecule has 3 nitrogen and oxygen atoms in total. The van der Waals surface area contributed by atoms with Crippen LogP contribution in [0.25, 0.3) is 0 Å². The minimum atomic E-state index is -0.260. The smallest absolute Gasteiger partial charge is 0.207 e. The van der Waals surface area contributed by atoms with Crippen LogP contribution in [0.15, 0.2) is 35.1 Å². The molecule has 0 bridgehead atoms. The number of benzene rings is 1. The first-order valence-corrected chi connectivity index (χ1v) is 7.28. The highest BCUT2D eigenvalue weighted by Crippen LogP contribution is 2.33. The Morgan fingerprint density at radius 3 is 2.89 bits per heavy atom. The number of nitrogens with zero attached hydrogens (tertiary/aromatic N) is 2. The molecule has 0 aliphatic heterocycles. The zero-order chi connectivity index (χ0) is 13.2. The molecule has 0 unspecified atom stereocenters. The van der Waals surface area contributed by atoms with E-state index in [1.807, 2.05) is 6.20 Å². The molecule has 0 saturated heterocycles. The van der Waals surface area contributed by atoms with Gasteiger partial charge in [0.2, 0.25) is 5.95 Å². The molecule has 1 aromatic carbocycles. The zero-order valence-electron chi connectivity index (χ0n) is 10.4. The summed E-state index contributed by atoms with van der Waals surface area (Å²) in [6, 6.07) is 5.11. The van der Waals surface area contributed by atoms with Crippen molar-refractivity contribution in [1.29, 1.82) is 0 Å². The Balaban J connectivity index is 1.87. The molecule has 2 aromatic rings. The average molecular weight is 324 g/mol. The third-order valence-corrected chi connectivity index (χ3v) is 4.25. The summed E-state index contributed by atoms with van der Waals surface area (Å²) in [6.07, 6.45) is 8.70. The van der Waals surface area contributed by atoms with Gasteiger partial charge in [0.15, 0.2) is 0 Å². The van der Waals surface area contributed by atoms with E-state index in [1.54, 1.807) is 12.3 Å². The van der Waals surface area contributed by atoms with Crippen molar-refractivity contribution in [2.75, 3.05) is 5.32 Å². The van der Waals surface area contributed by atoms with Crippen LogP contribution < -0.4 is 5.32 Å². The molecule has 0 spiro atoms. The van der Waals surface area contributed by atoms with E-state index < -0.39 is 0 Å². The Bertz CT molecular complexity index is 576. The molecule has 3 rings (SSSR count). The van der Waals surface area contributed by atoms with Crippen molar-refractivity contribution < 1.29 is 4.39 Å². The summed E-state index contributed by atoms with van der Waals surface area (Å²) in [5.41, 5.74) is 0.699. The van der Waals surface area contributed by atoms with Gasteiger partial charge in [0.1, 0.15) is 5.82 Å². The molecule has 0 radical (unpaired) electrons. The molecule has 5 heteroatoms. The molecule has 1 fully saturated rings. The summed E-state index contributed by atoms with van der Waals surface area (Å²) >= 11 is 3.42. The molecule has 100 valence electrons. The SMILES string of the molecule is Fc1ccc(Br)c(Nc2nccn2C2CCCC2)c1. The maximum absolute atomic E-state index is 13.3. The van der Waals surface area contributed by atoms with Crippen molar-refractivity contribution in [3.05, 3.63) is 40.9 Å². The number of imidazole rings is 1. The summed E-state index contributed by atoms with van der Waals surface area (Å²) in [5.74, 6) is 0.517. The largest absolute Gasteiger partial charge is 0.324 e. The van der Waals surface area contributed by atoms with Gasteiger partial charge in [-0.3, -0.25) is 0 Å². The van der Waals surface area contributed by atoms with E-state index in [9.17, 15) is 4.39 Å². The second-order valence-electron chi connectivity index (χ2n) is 4.85. The molecule has 1 aliphatic rings. The average Bonchev–Trinajstić information content (AvgIpc) is 3.03. The first-order valence-electron chi connectivity index (χ1n) is 6.49. The first kappa shape index (κ1) is 12.7. The fourth-order valence-electron chi connectivity index (χ4n) is 2.60. The normalized spacial score (nSPS) is 15.9. The monoisotopic (exact) mass is 323 g/mol. The van der Waals surface area contributed by atoms with E-state index in [-0.39, 0.29) is 5.82 Å². The van der Waals surface area contributed by atoms with Crippen molar-refractivity contribution in [3.63, 3.8) is 0 Å². The first-order chi connectivity index (χ1) is 9.24. The summed E-state index contributed by atoms with van der Waals surface area (Å²) in [7, 11) is 0. The molecule has 19 heavy (non-hydrogen) atoms. The molecular formula is C14H15BrFN3. The zero-order valence-corrected chi connectivity index (χ0v) is 12.0.